The number of piperazine rings is 1. The number of aromatic nitrogens is 2. The molecule has 0 aromatic carbocycles. The SMILES string of the molecule is Clc1nccc(N2CCN(C[C@H]3CCCO3)CC2)n1. The van der Waals surface area contributed by atoms with Crippen LogP contribution in [0.3, 0.4) is 0 Å². The van der Waals surface area contributed by atoms with E-state index in [9.17, 15) is 0 Å². The minimum absolute atomic E-state index is 0.319. The van der Waals surface area contributed by atoms with E-state index in [4.69, 9.17) is 16.3 Å². The summed E-state index contributed by atoms with van der Waals surface area (Å²) in [6.07, 6.45) is 4.58. The molecule has 3 rings (SSSR count). The van der Waals surface area contributed by atoms with Crippen molar-refractivity contribution in [2.75, 3.05) is 44.2 Å². The molecule has 1 aromatic rings. The van der Waals surface area contributed by atoms with Crippen LogP contribution < -0.4 is 4.90 Å². The van der Waals surface area contributed by atoms with E-state index in [0.717, 1.165) is 45.1 Å². The lowest BCUT2D eigenvalue weighted by Gasteiger charge is -2.36. The summed E-state index contributed by atoms with van der Waals surface area (Å²) >= 11 is 5.83. The zero-order valence-electron chi connectivity index (χ0n) is 11.0. The van der Waals surface area contributed by atoms with Crippen molar-refractivity contribution < 1.29 is 4.74 Å². The molecule has 104 valence electrons. The standard InChI is InChI=1S/C13H19ClN4O/c14-13-15-4-3-12(16-13)18-7-5-17(6-8-18)10-11-2-1-9-19-11/h3-4,11H,1-2,5-10H2/t11-/m1/s1. The smallest absolute Gasteiger partial charge is 0.224 e. The lowest BCUT2D eigenvalue weighted by atomic mass is 10.2. The van der Waals surface area contributed by atoms with Crippen LogP contribution in [-0.2, 0) is 4.74 Å². The fourth-order valence-electron chi connectivity index (χ4n) is 2.74. The molecule has 2 saturated heterocycles. The molecule has 0 N–H and O–H groups in total. The molecule has 3 heterocycles. The molecule has 1 atom stereocenters. The summed E-state index contributed by atoms with van der Waals surface area (Å²) in [6, 6.07) is 1.92. The van der Waals surface area contributed by atoms with E-state index in [1.165, 1.54) is 12.8 Å². The minimum atomic E-state index is 0.319. The summed E-state index contributed by atoms with van der Waals surface area (Å²) in [5, 5.41) is 0.319. The first-order valence-electron chi connectivity index (χ1n) is 6.89. The van der Waals surface area contributed by atoms with E-state index < -0.39 is 0 Å². The van der Waals surface area contributed by atoms with Crippen molar-refractivity contribution in [3.63, 3.8) is 0 Å². The molecule has 0 aliphatic carbocycles. The molecular weight excluding hydrogens is 264 g/mol. The second-order valence-corrected chi connectivity index (χ2v) is 5.44. The third kappa shape index (κ3) is 3.35. The van der Waals surface area contributed by atoms with E-state index >= 15 is 0 Å². The molecule has 0 unspecified atom stereocenters. The Morgan fingerprint density at radius 1 is 1.32 bits per heavy atom. The number of rotatable bonds is 3. The Morgan fingerprint density at radius 2 is 2.16 bits per heavy atom. The minimum Gasteiger partial charge on any atom is -0.377 e. The van der Waals surface area contributed by atoms with Gasteiger partial charge in [0.25, 0.3) is 0 Å². The van der Waals surface area contributed by atoms with Crippen molar-refractivity contribution in [1.82, 2.24) is 14.9 Å². The molecular formula is C13H19ClN4O. The highest BCUT2D eigenvalue weighted by Crippen LogP contribution is 2.17. The van der Waals surface area contributed by atoms with E-state index in [1.54, 1.807) is 6.20 Å². The van der Waals surface area contributed by atoms with Crippen molar-refractivity contribution in [2.24, 2.45) is 0 Å². The zero-order chi connectivity index (χ0) is 13.1. The van der Waals surface area contributed by atoms with Gasteiger partial charge in [-0.25, -0.2) is 9.97 Å². The maximum Gasteiger partial charge on any atom is 0.224 e. The zero-order valence-corrected chi connectivity index (χ0v) is 11.7. The lowest BCUT2D eigenvalue weighted by molar-refractivity contribution is 0.0712. The normalized spacial score (nSPS) is 24.9. The van der Waals surface area contributed by atoms with Crippen LogP contribution >= 0.6 is 11.6 Å². The fourth-order valence-corrected chi connectivity index (χ4v) is 2.88. The van der Waals surface area contributed by atoms with Crippen LogP contribution in [0.4, 0.5) is 5.82 Å². The Labute approximate surface area is 118 Å². The quantitative estimate of drug-likeness (QED) is 0.785. The molecule has 0 saturated carbocycles. The molecule has 1 aromatic heterocycles. The van der Waals surface area contributed by atoms with Crippen molar-refractivity contribution in [3.05, 3.63) is 17.5 Å². The van der Waals surface area contributed by atoms with Crippen LogP contribution in [0.1, 0.15) is 12.8 Å². The van der Waals surface area contributed by atoms with Gasteiger partial charge in [-0.2, -0.15) is 0 Å². The molecule has 0 radical (unpaired) electrons. The van der Waals surface area contributed by atoms with Crippen molar-refractivity contribution in [2.45, 2.75) is 18.9 Å². The number of hydrogen-bond donors (Lipinski definition) is 0. The van der Waals surface area contributed by atoms with Gasteiger partial charge in [-0.3, -0.25) is 4.90 Å². The van der Waals surface area contributed by atoms with Gasteiger partial charge in [0.05, 0.1) is 6.10 Å². The maximum atomic E-state index is 5.83. The first kappa shape index (κ1) is 13.1. The van der Waals surface area contributed by atoms with Crippen molar-refractivity contribution in [1.29, 1.82) is 0 Å². The summed E-state index contributed by atoms with van der Waals surface area (Å²) < 4.78 is 5.69. The molecule has 5 nitrogen and oxygen atoms in total. The first-order chi connectivity index (χ1) is 9.31. The van der Waals surface area contributed by atoms with Gasteiger partial charge >= 0.3 is 0 Å². The molecule has 19 heavy (non-hydrogen) atoms. The number of nitrogens with zero attached hydrogens (tertiary/aromatic N) is 4. The summed E-state index contributed by atoms with van der Waals surface area (Å²) in [5.41, 5.74) is 0. The van der Waals surface area contributed by atoms with E-state index in [-0.39, 0.29) is 0 Å². The second-order valence-electron chi connectivity index (χ2n) is 5.11. The van der Waals surface area contributed by atoms with Crippen LogP contribution in [0.25, 0.3) is 0 Å². The van der Waals surface area contributed by atoms with Gasteiger partial charge < -0.3 is 9.64 Å². The number of hydrogen-bond acceptors (Lipinski definition) is 5. The third-order valence-corrected chi connectivity index (χ3v) is 3.98. The predicted molar refractivity (Wildman–Crippen MR) is 74.7 cm³/mol. The average Bonchev–Trinajstić information content (AvgIpc) is 2.92. The van der Waals surface area contributed by atoms with Crippen LogP contribution in [0, 0.1) is 0 Å². The lowest BCUT2D eigenvalue weighted by Crippen LogP contribution is -2.48. The topological polar surface area (TPSA) is 41.5 Å². The Kier molecular flexibility index (Phi) is 4.15. The van der Waals surface area contributed by atoms with E-state index in [1.807, 2.05) is 6.07 Å². The molecule has 2 fully saturated rings. The van der Waals surface area contributed by atoms with Crippen molar-refractivity contribution >= 4 is 17.4 Å². The van der Waals surface area contributed by atoms with Crippen LogP contribution in [-0.4, -0.2) is 60.3 Å². The maximum absolute atomic E-state index is 5.83. The third-order valence-electron chi connectivity index (χ3n) is 3.79. The molecule has 0 spiro atoms. The van der Waals surface area contributed by atoms with Crippen LogP contribution in [0.15, 0.2) is 12.3 Å². The Balaban J connectivity index is 1.51. The molecule has 2 aliphatic heterocycles. The molecule has 0 amide bonds. The number of ether oxygens (including phenoxy) is 1. The van der Waals surface area contributed by atoms with E-state index in [0.29, 0.717) is 11.4 Å². The highest BCUT2D eigenvalue weighted by molar-refractivity contribution is 6.28. The predicted octanol–water partition coefficient (Wildman–Crippen LogP) is 1.43. The Hall–Kier alpha value is -0.910. The summed E-state index contributed by atoms with van der Waals surface area (Å²) in [6.45, 7) is 6.09. The largest absolute Gasteiger partial charge is 0.377 e. The first-order valence-corrected chi connectivity index (χ1v) is 7.26. The monoisotopic (exact) mass is 282 g/mol. The Bertz CT molecular complexity index is 417. The number of halogens is 1. The van der Waals surface area contributed by atoms with Crippen LogP contribution in [0.2, 0.25) is 5.28 Å². The van der Waals surface area contributed by atoms with Gasteiger partial charge in [-0.15, -0.1) is 0 Å². The molecule has 6 heteroatoms. The van der Waals surface area contributed by atoms with E-state index in [2.05, 4.69) is 19.8 Å². The second kappa shape index (κ2) is 6.03. The highest BCUT2D eigenvalue weighted by Gasteiger charge is 2.23. The van der Waals surface area contributed by atoms with Gasteiger partial charge in [0.15, 0.2) is 0 Å². The average molecular weight is 283 g/mol. The molecule has 0 bridgehead atoms. The van der Waals surface area contributed by atoms with Gasteiger partial charge in [-0.1, -0.05) is 0 Å². The molecule has 2 aliphatic rings. The van der Waals surface area contributed by atoms with Gasteiger partial charge in [0.2, 0.25) is 5.28 Å². The fraction of sp³-hybridized carbons (Fsp3) is 0.692. The number of anilines is 1. The van der Waals surface area contributed by atoms with Crippen LogP contribution in [0.5, 0.6) is 0 Å². The summed E-state index contributed by atoms with van der Waals surface area (Å²) in [4.78, 5) is 12.9. The van der Waals surface area contributed by atoms with Gasteiger partial charge in [0, 0.05) is 45.5 Å². The van der Waals surface area contributed by atoms with Gasteiger partial charge in [0.1, 0.15) is 5.82 Å². The van der Waals surface area contributed by atoms with Crippen molar-refractivity contribution in [3.8, 4) is 0 Å². The summed E-state index contributed by atoms with van der Waals surface area (Å²) in [5.74, 6) is 0.928. The Morgan fingerprint density at radius 3 is 2.84 bits per heavy atom. The summed E-state index contributed by atoms with van der Waals surface area (Å²) in [7, 11) is 0. The highest BCUT2D eigenvalue weighted by atomic mass is 35.5. The van der Waals surface area contributed by atoms with Gasteiger partial charge in [-0.05, 0) is 30.5 Å².